The van der Waals surface area contributed by atoms with E-state index >= 15 is 0 Å². The van der Waals surface area contributed by atoms with E-state index < -0.39 is 0 Å². The van der Waals surface area contributed by atoms with Crippen LogP contribution in [0.25, 0.3) is 0 Å². The topological polar surface area (TPSA) is 50.4 Å². The number of nitrogens with one attached hydrogen (secondary N) is 2. The Morgan fingerprint density at radius 3 is 2.91 bits per heavy atom. The first-order chi connectivity index (χ1) is 10.3. The molecule has 2 N–H and O–H groups in total. The maximum Gasteiger partial charge on any atom is 0.276 e. The van der Waals surface area contributed by atoms with Crippen LogP contribution in [0, 0.1) is 17.2 Å². The molecule has 5 heteroatoms. The van der Waals surface area contributed by atoms with Crippen molar-refractivity contribution < 1.29 is 13.9 Å². The van der Waals surface area contributed by atoms with Crippen molar-refractivity contribution in [3.63, 3.8) is 0 Å². The van der Waals surface area contributed by atoms with Crippen LogP contribution in [0.1, 0.15) is 33.6 Å². The van der Waals surface area contributed by atoms with Crippen molar-refractivity contribution in [2.24, 2.45) is 11.3 Å². The van der Waals surface area contributed by atoms with E-state index in [9.17, 15) is 9.18 Å². The fraction of sp³-hybridized carbons (Fsp3) is 0.471. The molecule has 1 aromatic carbocycles. The standard InChI is InChI=1S/C17H23FN2O2/c1-12-7-14(10-17(2,3)9-12)19-20-16(21)11-22-15-6-4-5-13(18)8-15/h4-6,8,10,12,19H,7,9,11H2,1-3H3,(H,20,21)/t12-/m0/s1. The second-order valence-corrected chi connectivity index (χ2v) is 6.59. The van der Waals surface area contributed by atoms with Crippen molar-refractivity contribution in [3.05, 3.63) is 41.9 Å². The average molecular weight is 306 g/mol. The SMILES string of the molecule is C[C@H]1CC(NNC(=O)COc2cccc(F)c2)=CC(C)(C)C1. The first-order valence-electron chi connectivity index (χ1n) is 7.49. The third kappa shape index (κ3) is 5.06. The molecule has 4 nitrogen and oxygen atoms in total. The molecule has 0 radical (unpaired) electrons. The van der Waals surface area contributed by atoms with Crippen molar-refractivity contribution in [1.29, 1.82) is 0 Å². The lowest BCUT2D eigenvalue weighted by Crippen LogP contribution is -2.41. The molecule has 1 aromatic rings. The zero-order chi connectivity index (χ0) is 16.2. The smallest absolute Gasteiger partial charge is 0.276 e. The highest BCUT2D eigenvalue weighted by Crippen LogP contribution is 2.35. The van der Waals surface area contributed by atoms with Gasteiger partial charge in [-0.15, -0.1) is 0 Å². The van der Waals surface area contributed by atoms with Crippen LogP contribution in [-0.2, 0) is 4.79 Å². The van der Waals surface area contributed by atoms with Crippen LogP contribution in [0.3, 0.4) is 0 Å². The van der Waals surface area contributed by atoms with Crippen LogP contribution in [0.2, 0.25) is 0 Å². The van der Waals surface area contributed by atoms with Gasteiger partial charge in [0.05, 0.1) is 0 Å². The minimum Gasteiger partial charge on any atom is -0.484 e. The normalized spacial score (nSPS) is 20.0. The van der Waals surface area contributed by atoms with Crippen LogP contribution < -0.4 is 15.6 Å². The van der Waals surface area contributed by atoms with Gasteiger partial charge < -0.3 is 10.2 Å². The highest BCUT2D eigenvalue weighted by atomic mass is 19.1. The van der Waals surface area contributed by atoms with Crippen molar-refractivity contribution in [2.75, 3.05) is 6.61 Å². The summed E-state index contributed by atoms with van der Waals surface area (Å²) in [6.45, 7) is 6.40. The molecule has 0 heterocycles. The molecule has 2 rings (SSSR count). The molecule has 1 aliphatic rings. The van der Waals surface area contributed by atoms with E-state index in [2.05, 4.69) is 37.7 Å². The maximum atomic E-state index is 13.0. The number of hydrogen-bond acceptors (Lipinski definition) is 3. The minimum absolute atomic E-state index is 0.128. The van der Waals surface area contributed by atoms with Gasteiger partial charge in [0.1, 0.15) is 11.6 Å². The molecule has 120 valence electrons. The Labute approximate surface area is 130 Å². The Balaban J connectivity index is 1.79. The molecule has 1 aliphatic carbocycles. The first kappa shape index (κ1) is 16.3. The predicted octanol–water partition coefficient (Wildman–Crippen LogP) is 3.17. The van der Waals surface area contributed by atoms with Crippen molar-refractivity contribution >= 4 is 5.91 Å². The Hall–Kier alpha value is -2.04. The number of benzene rings is 1. The monoisotopic (exact) mass is 306 g/mol. The quantitative estimate of drug-likeness (QED) is 0.822. The Morgan fingerprint density at radius 2 is 2.23 bits per heavy atom. The van der Waals surface area contributed by atoms with Gasteiger partial charge in [-0.25, -0.2) is 4.39 Å². The molecular formula is C17H23FN2O2. The summed E-state index contributed by atoms with van der Waals surface area (Å²) in [5.74, 6) is 0.213. The van der Waals surface area contributed by atoms with Crippen LogP contribution in [0.4, 0.5) is 4.39 Å². The minimum atomic E-state index is -0.389. The fourth-order valence-corrected chi connectivity index (χ4v) is 2.91. The third-order valence-electron chi connectivity index (χ3n) is 3.54. The molecule has 0 bridgehead atoms. The average Bonchev–Trinajstić information content (AvgIpc) is 2.41. The molecule has 0 saturated carbocycles. The molecule has 22 heavy (non-hydrogen) atoms. The Bertz CT molecular complexity index is 570. The molecule has 1 amide bonds. The van der Waals surface area contributed by atoms with Gasteiger partial charge in [0.25, 0.3) is 5.91 Å². The van der Waals surface area contributed by atoms with E-state index in [0.29, 0.717) is 11.7 Å². The molecular weight excluding hydrogens is 283 g/mol. The number of halogens is 1. The van der Waals surface area contributed by atoms with E-state index in [-0.39, 0.29) is 23.7 Å². The number of amides is 1. The summed E-state index contributed by atoms with van der Waals surface area (Å²) in [5, 5.41) is 0. The fourth-order valence-electron chi connectivity index (χ4n) is 2.91. The van der Waals surface area contributed by atoms with Crippen LogP contribution in [-0.4, -0.2) is 12.5 Å². The Kier molecular flexibility index (Phi) is 5.06. The molecule has 0 spiro atoms. The van der Waals surface area contributed by atoms with E-state index in [1.54, 1.807) is 6.07 Å². The summed E-state index contributed by atoms with van der Waals surface area (Å²) in [4.78, 5) is 11.8. The van der Waals surface area contributed by atoms with Gasteiger partial charge in [0.15, 0.2) is 6.61 Å². The molecule has 1 atom stereocenters. The number of hydrazine groups is 1. The zero-order valence-electron chi connectivity index (χ0n) is 13.3. The van der Waals surface area contributed by atoms with E-state index in [0.717, 1.165) is 18.5 Å². The largest absolute Gasteiger partial charge is 0.484 e. The van der Waals surface area contributed by atoms with Crippen LogP contribution >= 0.6 is 0 Å². The summed E-state index contributed by atoms with van der Waals surface area (Å²) < 4.78 is 18.2. The number of hydrogen-bond donors (Lipinski definition) is 2. The summed E-state index contributed by atoms with van der Waals surface area (Å²) in [6, 6.07) is 5.72. The number of carbonyl (C=O) groups is 1. The molecule has 0 fully saturated rings. The van der Waals surface area contributed by atoms with Gasteiger partial charge in [0, 0.05) is 11.8 Å². The van der Waals surface area contributed by atoms with Gasteiger partial charge in [-0.2, -0.15) is 0 Å². The number of allylic oxidation sites excluding steroid dienone is 2. The maximum absolute atomic E-state index is 13.0. The third-order valence-corrected chi connectivity index (χ3v) is 3.54. The molecule has 0 aliphatic heterocycles. The van der Waals surface area contributed by atoms with Gasteiger partial charge in [-0.1, -0.05) is 32.9 Å². The van der Waals surface area contributed by atoms with Crippen LogP contribution in [0.15, 0.2) is 36.0 Å². The van der Waals surface area contributed by atoms with Crippen molar-refractivity contribution in [1.82, 2.24) is 10.9 Å². The Morgan fingerprint density at radius 1 is 1.45 bits per heavy atom. The lowest BCUT2D eigenvalue weighted by atomic mass is 9.76. The molecule has 0 aromatic heterocycles. The second kappa shape index (κ2) is 6.81. The summed E-state index contributed by atoms with van der Waals surface area (Å²) in [6.07, 6.45) is 4.20. The van der Waals surface area contributed by atoms with E-state index in [1.807, 2.05) is 0 Å². The van der Waals surface area contributed by atoms with Gasteiger partial charge >= 0.3 is 0 Å². The summed E-state index contributed by atoms with van der Waals surface area (Å²) in [5.41, 5.74) is 6.73. The highest BCUT2D eigenvalue weighted by Gasteiger charge is 2.25. The zero-order valence-corrected chi connectivity index (χ0v) is 13.3. The van der Waals surface area contributed by atoms with Gasteiger partial charge in [-0.05, 0) is 36.3 Å². The van der Waals surface area contributed by atoms with Crippen molar-refractivity contribution in [3.8, 4) is 5.75 Å². The van der Waals surface area contributed by atoms with E-state index in [1.165, 1.54) is 18.2 Å². The van der Waals surface area contributed by atoms with Gasteiger partial charge in [0.2, 0.25) is 0 Å². The summed E-state index contributed by atoms with van der Waals surface area (Å²) in [7, 11) is 0. The lowest BCUT2D eigenvalue weighted by Gasteiger charge is -2.32. The molecule has 0 unspecified atom stereocenters. The van der Waals surface area contributed by atoms with E-state index in [4.69, 9.17) is 4.74 Å². The highest BCUT2D eigenvalue weighted by molar-refractivity contribution is 5.77. The summed E-state index contributed by atoms with van der Waals surface area (Å²) >= 11 is 0. The van der Waals surface area contributed by atoms with Crippen molar-refractivity contribution in [2.45, 2.75) is 33.6 Å². The number of rotatable bonds is 5. The lowest BCUT2D eigenvalue weighted by molar-refractivity contribution is -0.123. The number of ether oxygens (including phenoxy) is 1. The second-order valence-electron chi connectivity index (χ2n) is 6.59. The first-order valence-corrected chi connectivity index (χ1v) is 7.49. The van der Waals surface area contributed by atoms with Crippen LogP contribution in [0.5, 0.6) is 5.75 Å². The predicted molar refractivity (Wildman–Crippen MR) is 83.4 cm³/mol. The number of carbonyl (C=O) groups excluding carboxylic acids is 1. The van der Waals surface area contributed by atoms with Gasteiger partial charge in [-0.3, -0.25) is 10.2 Å². The molecule has 0 saturated heterocycles.